The maximum atomic E-state index is 13.2. The number of amides is 1. The third kappa shape index (κ3) is 5.93. The fourth-order valence-corrected chi connectivity index (χ4v) is 6.60. The Morgan fingerprint density at radius 1 is 1.13 bits per heavy atom. The Bertz CT molecular complexity index is 1110. The highest BCUT2D eigenvalue weighted by Gasteiger charge is 2.31. The topological polar surface area (TPSA) is 101 Å². The molecule has 1 fully saturated rings. The van der Waals surface area contributed by atoms with E-state index in [2.05, 4.69) is 4.72 Å². The molecule has 0 bridgehead atoms. The summed E-state index contributed by atoms with van der Waals surface area (Å²) in [7, 11) is -7.06. The summed E-state index contributed by atoms with van der Waals surface area (Å²) in [6.07, 6.45) is 1.06. The van der Waals surface area contributed by atoms with Crippen molar-refractivity contribution in [1.82, 2.24) is 9.62 Å². The maximum Gasteiger partial charge on any atom is 0.254 e. The van der Waals surface area contributed by atoms with E-state index in [9.17, 15) is 21.6 Å². The molecule has 168 valence electrons. The summed E-state index contributed by atoms with van der Waals surface area (Å²) < 4.78 is 50.8. The number of hydrogen-bond acceptors (Lipinski definition) is 5. The SMILES string of the molecule is CCC(C)N(Cc1ccccc1)C(=O)c1ccc(S(=O)(=O)NC2CCS(=O)(=O)C2)cc1. The lowest BCUT2D eigenvalue weighted by molar-refractivity contribution is 0.0671. The van der Waals surface area contributed by atoms with E-state index in [1.165, 1.54) is 24.3 Å². The molecule has 9 heteroatoms. The predicted octanol–water partition coefficient (Wildman–Crippen LogP) is 2.59. The van der Waals surface area contributed by atoms with Crippen LogP contribution in [0.25, 0.3) is 0 Å². The molecule has 7 nitrogen and oxygen atoms in total. The molecule has 31 heavy (non-hydrogen) atoms. The highest BCUT2D eigenvalue weighted by atomic mass is 32.2. The molecule has 1 aliphatic rings. The third-order valence-electron chi connectivity index (χ3n) is 5.55. The van der Waals surface area contributed by atoms with E-state index in [0.717, 1.165) is 12.0 Å². The van der Waals surface area contributed by atoms with Crippen LogP contribution in [-0.4, -0.2) is 51.2 Å². The Morgan fingerprint density at radius 2 is 1.77 bits per heavy atom. The largest absolute Gasteiger partial charge is 0.332 e. The number of sulfonamides is 1. The van der Waals surface area contributed by atoms with Gasteiger partial charge < -0.3 is 4.90 Å². The van der Waals surface area contributed by atoms with Crippen molar-refractivity contribution in [3.05, 3.63) is 65.7 Å². The second-order valence-corrected chi connectivity index (χ2v) is 11.9. The number of nitrogens with one attached hydrogen (secondary N) is 1. The van der Waals surface area contributed by atoms with Gasteiger partial charge in [-0.1, -0.05) is 37.3 Å². The molecule has 0 aliphatic carbocycles. The van der Waals surface area contributed by atoms with E-state index in [4.69, 9.17) is 0 Å². The van der Waals surface area contributed by atoms with E-state index in [1.54, 1.807) is 4.90 Å². The van der Waals surface area contributed by atoms with Crippen LogP contribution in [0.4, 0.5) is 0 Å². The van der Waals surface area contributed by atoms with Gasteiger partial charge in [-0.25, -0.2) is 21.6 Å². The number of nitrogens with zero attached hydrogens (tertiary/aromatic N) is 1. The molecule has 0 saturated carbocycles. The number of benzene rings is 2. The smallest absolute Gasteiger partial charge is 0.254 e. The van der Waals surface area contributed by atoms with Crippen molar-refractivity contribution >= 4 is 25.8 Å². The monoisotopic (exact) mass is 464 g/mol. The Balaban J connectivity index is 1.76. The molecule has 2 aromatic rings. The first kappa shape index (κ1) is 23.4. The van der Waals surface area contributed by atoms with Gasteiger partial charge in [-0.15, -0.1) is 0 Å². The van der Waals surface area contributed by atoms with E-state index >= 15 is 0 Å². The number of sulfone groups is 1. The van der Waals surface area contributed by atoms with Crippen molar-refractivity contribution in [3.63, 3.8) is 0 Å². The van der Waals surface area contributed by atoms with Crippen molar-refractivity contribution in [3.8, 4) is 0 Å². The molecule has 2 atom stereocenters. The molecule has 0 aromatic heterocycles. The van der Waals surface area contributed by atoms with E-state index < -0.39 is 25.9 Å². The lowest BCUT2D eigenvalue weighted by Crippen LogP contribution is -2.38. The normalized spacial score (nSPS) is 19.1. The molecule has 1 saturated heterocycles. The summed E-state index contributed by atoms with van der Waals surface area (Å²) in [5, 5.41) is 0. The molecule has 2 aromatic carbocycles. The summed E-state index contributed by atoms with van der Waals surface area (Å²) in [4.78, 5) is 14.9. The van der Waals surface area contributed by atoms with Crippen molar-refractivity contribution in [2.24, 2.45) is 0 Å². The standard InChI is InChI=1S/C22H28N2O5S2/c1-3-17(2)24(15-18-7-5-4-6-8-18)22(25)19-9-11-21(12-10-19)31(28,29)23-20-13-14-30(26,27)16-20/h4-12,17,20,23H,3,13-16H2,1-2H3. The first-order valence-electron chi connectivity index (χ1n) is 10.3. The molecule has 0 radical (unpaired) electrons. The average Bonchev–Trinajstić information content (AvgIpc) is 3.09. The highest BCUT2D eigenvalue weighted by Crippen LogP contribution is 2.19. The minimum atomic E-state index is -3.87. The maximum absolute atomic E-state index is 13.2. The Labute approximate surface area is 184 Å². The second kappa shape index (κ2) is 9.50. The average molecular weight is 465 g/mol. The van der Waals surface area contributed by atoms with Crippen molar-refractivity contribution < 1.29 is 21.6 Å². The fourth-order valence-electron chi connectivity index (χ4n) is 3.55. The minimum absolute atomic E-state index is 0.00602. The number of carbonyl (C=O) groups is 1. The number of hydrogen-bond donors (Lipinski definition) is 1. The quantitative estimate of drug-likeness (QED) is 0.647. The van der Waals surface area contributed by atoms with Gasteiger partial charge in [0, 0.05) is 24.2 Å². The van der Waals surface area contributed by atoms with Crippen LogP contribution in [0.1, 0.15) is 42.6 Å². The molecule has 1 heterocycles. The predicted molar refractivity (Wildman–Crippen MR) is 120 cm³/mol. The second-order valence-electron chi connectivity index (χ2n) is 7.92. The lowest BCUT2D eigenvalue weighted by atomic mass is 10.1. The Hall–Kier alpha value is -2.23. The fraction of sp³-hybridized carbons (Fsp3) is 0.409. The summed E-state index contributed by atoms with van der Waals surface area (Å²) in [5.41, 5.74) is 1.42. The molecule has 3 rings (SSSR count). The third-order valence-corrected chi connectivity index (χ3v) is 8.85. The molecule has 0 spiro atoms. The van der Waals surface area contributed by atoms with Gasteiger partial charge >= 0.3 is 0 Å². The van der Waals surface area contributed by atoms with Crippen LogP contribution in [0, 0.1) is 0 Å². The summed E-state index contributed by atoms with van der Waals surface area (Å²) in [6, 6.07) is 14.9. The van der Waals surface area contributed by atoms with Crippen molar-refractivity contribution in [2.75, 3.05) is 11.5 Å². The lowest BCUT2D eigenvalue weighted by Gasteiger charge is -2.29. The van der Waals surface area contributed by atoms with Crippen LogP contribution in [0.2, 0.25) is 0 Å². The van der Waals surface area contributed by atoms with Gasteiger partial charge in [-0.3, -0.25) is 4.79 Å². The zero-order valence-corrected chi connectivity index (χ0v) is 19.3. The van der Waals surface area contributed by atoms with Gasteiger partial charge in [0.15, 0.2) is 9.84 Å². The van der Waals surface area contributed by atoms with Crippen molar-refractivity contribution in [2.45, 2.75) is 50.2 Å². The number of carbonyl (C=O) groups excluding carboxylic acids is 1. The summed E-state index contributed by atoms with van der Waals surface area (Å²) in [6.45, 7) is 4.46. The van der Waals surface area contributed by atoms with Gasteiger partial charge in [0.2, 0.25) is 10.0 Å². The van der Waals surface area contributed by atoms with Crippen LogP contribution in [-0.2, 0) is 26.4 Å². The van der Waals surface area contributed by atoms with E-state index in [1.807, 2.05) is 44.2 Å². The number of rotatable bonds is 8. The Morgan fingerprint density at radius 3 is 2.32 bits per heavy atom. The summed E-state index contributed by atoms with van der Waals surface area (Å²) in [5.74, 6) is -0.371. The minimum Gasteiger partial charge on any atom is -0.332 e. The molecule has 1 N–H and O–H groups in total. The van der Waals surface area contributed by atoms with Crippen LogP contribution in [0.15, 0.2) is 59.5 Å². The van der Waals surface area contributed by atoms with Gasteiger partial charge in [0.1, 0.15) is 0 Å². The van der Waals surface area contributed by atoms with Gasteiger partial charge in [0.25, 0.3) is 5.91 Å². The first-order chi connectivity index (χ1) is 14.6. The molecular formula is C22H28N2O5S2. The zero-order chi connectivity index (χ0) is 22.6. The van der Waals surface area contributed by atoms with Gasteiger partial charge in [-0.2, -0.15) is 0 Å². The summed E-state index contributed by atoms with van der Waals surface area (Å²) >= 11 is 0. The van der Waals surface area contributed by atoms with Crippen LogP contribution < -0.4 is 4.72 Å². The van der Waals surface area contributed by atoms with Crippen LogP contribution in [0.3, 0.4) is 0 Å². The molecule has 2 unspecified atom stereocenters. The first-order valence-corrected chi connectivity index (χ1v) is 13.6. The molecule has 1 aliphatic heterocycles. The zero-order valence-electron chi connectivity index (χ0n) is 17.7. The molecular weight excluding hydrogens is 436 g/mol. The van der Waals surface area contributed by atoms with Crippen molar-refractivity contribution in [1.29, 1.82) is 0 Å². The van der Waals surface area contributed by atoms with Gasteiger partial charge in [-0.05, 0) is 49.6 Å². The highest BCUT2D eigenvalue weighted by molar-refractivity contribution is 7.92. The van der Waals surface area contributed by atoms with E-state index in [-0.39, 0.29) is 34.8 Å². The van der Waals surface area contributed by atoms with E-state index in [0.29, 0.717) is 12.1 Å². The van der Waals surface area contributed by atoms with Gasteiger partial charge in [0.05, 0.1) is 16.4 Å². The molecule has 1 amide bonds. The van der Waals surface area contributed by atoms with Crippen LogP contribution >= 0.6 is 0 Å². The van der Waals surface area contributed by atoms with Crippen LogP contribution in [0.5, 0.6) is 0 Å². The Kier molecular flexibility index (Phi) is 7.18.